The highest BCUT2D eigenvalue weighted by Gasteiger charge is 2.24. The molecule has 0 N–H and O–H groups in total. The fraction of sp³-hybridized carbons (Fsp3) is 0.533. The van der Waals surface area contributed by atoms with Gasteiger partial charge in [0.05, 0.1) is 11.7 Å². The maximum Gasteiger partial charge on any atom is 0.127 e. The van der Waals surface area contributed by atoms with E-state index in [1.165, 1.54) is 12.8 Å². The molecule has 0 unspecified atom stereocenters. The monoisotopic (exact) mass is 246 g/mol. The van der Waals surface area contributed by atoms with Crippen molar-refractivity contribution < 1.29 is 4.39 Å². The summed E-state index contributed by atoms with van der Waals surface area (Å²) in [6, 6.07) is 3.42. The Morgan fingerprint density at radius 1 is 1.22 bits per heavy atom. The Labute approximate surface area is 107 Å². The van der Waals surface area contributed by atoms with E-state index in [9.17, 15) is 4.39 Å². The van der Waals surface area contributed by atoms with Gasteiger partial charge in [0, 0.05) is 18.0 Å². The molecule has 2 aromatic rings. The molecular weight excluding hydrogens is 227 g/mol. The number of benzene rings is 1. The van der Waals surface area contributed by atoms with Gasteiger partial charge in [0.1, 0.15) is 5.82 Å². The van der Waals surface area contributed by atoms with Crippen LogP contribution < -0.4 is 0 Å². The Kier molecular flexibility index (Phi) is 2.84. The quantitative estimate of drug-likeness (QED) is 0.743. The summed E-state index contributed by atoms with van der Waals surface area (Å²) in [5, 5.41) is 5.25. The number of aromatic nitrogens is 2. The van der Waals surface area contributed by atoms with Gasteiger partial charge in [0.25, 0.3) is 0 Å². The molecule has 96 valence electrons. The molecule has 0 radical (unpaired) electrons. The summed E-state index contributed by atoms with van der Waals surface area (Å²) in [7, 11) is 1.91. The first kappa shape index (κ1) is 11.7. The normalized spacial score (nSPS) is 24.6. The molecule has 2 nitrogen and oxygen atoms in total. The Morgan fingerprint density at radius 2 is 1.94 bits per heavy atom. The molecular formula is C15H19FN2. The van der Waals surface area contributed by atoms with Crippen molar-refractivity contribution in [2.75, 3.05) is 0 Å². The van der Waals surface area contributed by atoms with Crippen molar-refractivity contribution in [1.82, 2.24) is 9.78 Å². The molecule has 1 aromatic carbocycles. The zero-order chi connectivity index (χ0) is 12.7. The van der Waals surface area contributed by atoms with Crippen LogP contribution in [0.4, 0.5) is 4.39 Å². The Morgan fingerprint density at radius 3 is 2.67 bits per heavy atom. The highest BCUT2D eigenvalue weighted by Crippen LogP contribution is 2.39. The molecule has 18 heavy (non-hydrogen) atoms. The van der Waals surface area contributed by atoms with Gasteiger partial charge in [-0.05, 0) is 36.8 Å². The molecule has 1 aliphatic carbocycles. The van der Waals surface area contributed by atoms with Crippen LogP contribution in [0.1, 0.15) is 44.1 Å². The lowest BCUT2D eigenvalue weighted by atomic mass is 9.78. The molecule has 1 heterocycles. The van der Waals surface area contributed by atoms with Crippen LogP contribution in [0.25, 0.3) is 10.9 Å². The van der Waals surface area contributed by atoms with Crippen LogP contribution in [0, 0.1) is 11.7 Å². The first-order valence-corrected chi connectivity index (χ1v) is 6.77. The summed E-state index contributed by atoms with van der Waals surface area (Å²) in [5.74, 6) is 1.10. The Balaban J connectivity index is 2.07. The smallest absolute Gasteiger partial charge is 0.127 e. The third kappa shape index (κ3) is 1.82. The minimum absolute atomic E-state index is 0.0601. The van der Waals surface area contributed by atoms with E-state index in [-0.39, 0.29) is 5.82 Å². The lowest BCUT2D eigenvalue weighted by molar-refractivity contribution is 0.343. The van der Waals surface area contributed by atoms with Crippen LogP contribution in [-0.4, -0.2) is 9.78 Å². The molecule has 0 saturated heterocycles. The number of aryl methyl sites for hydroxylation is 1. The number of hydrogen-bond acceptors (Lipinski definition) is 1. The van der Waals surface area contributed by atoms with Crippen molar-refractivity contribution in [3.8, 4) is 0 Å². The van der Waals surface area contributed by atoms with E-state index in [4.69, 9.17) is 0 Å². The number of rotatable bonds is 1. The van der Waals surface area contributed by atoms with E-state index in [0.717, 1.165) is 35.2 Å². The number of nitrogens with zero attached hydrogens (tertiary/aromatic N) is 2. The highest BCUT2D eigenvalue weighted by molar-refractivity contribution is 5.83. The fourth-order valence-electron chi connectivity index (χ4n) is 3.19. The van der Waals surface area contributed by atoms with Crippen LogP contribution in [0.3, 0.4) is 0 Å². The van der Waals surface area contributed by atoms with Crippen molar-refractivity contribution in [2.45, 2.75) is 38.5 Å². The maximum absolute atomic E-state index is 14.2. The van der Waals surface area contributed by atoms with Gasteiger partial charge >= 0.3 is 0 Å². The molecule has 1 aromatic heterocycles. The van der Waals surface area contributed by atoms with E-state index in [2.05, 4.69) is 12.0 Å². The summed E-state index contributed by atoms with van der Waals surface area (Å²) >= 11 is 0. The SMILES string of the molecule is CC1CCC(c2c(F)ccc3c2cnn3C)CC1. The second kappa shape index (κ2) is 4.38. The van der Waals surface area contributed by atoms with Crippen LogP contribution in [-0.2, 0) is 7.05 Å². The van der Waals surface area contributed by atoms with Crippen LogP contribution >= 0.6 is 0 Å². The van der Waals surface area contributed by atoms with Gasteiger partial charge in [-0.3, -0.25) is 4.68 Å². The molecule has 3 rings (SSSR count). The van der Waals surface area contributed by atoms with Crippen molar-refractivity contribution in [2.24, 2.45) is 13.0 Å². The molecule has 0 aliphatic heterocycles. The predicted octanol–water partition coefficient (Wildman–Crippen LogP) is 4.01. The molecule has 1 aliphatic rings. The van der Waals surface area contributed by atoms with Gasteiger partial charge in [0.2, 0.25) is 0 Å². The summed E-state index contributed by atoms with van der Waals surface area (Å²) < 4.78 is 16.0. The van der Waals surface area contributed by atoms with E-state index in [0.29, 0.717) is 5.92 Å². The van der Waals surface area contributed by atoms with Gasteiger partial charge in [-0.1, -0.05) is 19.8 Å². The van der Waals surface area contributed by atoms with Gasteiger partial charge in [-0.25, -0.2) is 4.39 Å². The summed E-state index contributed by atoms with van der Waals surface area (Å²) in [5.41, 5.74) is 1.93. The van der Waals surface area contributed by atoms with Gasteiger partial charge in [-0.15, -0.1) is 0 Å². The Bertz CT molecular complexity index is 565. The zero-order valence-corrected chi connectivity index (χ0v) is 11.0. The molecule has 0 bridgehead atoms. The number of hydrogen-bond donors (Lipinski definition) is 0. The summed E-state index contributed by atoms with van der Waals surface area (Å²) in [6.45, 7) is 2.29. The fourth-order valence-corrected chi connectivity index (χ4v) is 3.19. The van der Waals surface area contributed by atoms with Crippen molar-refractivity contribution in [3.63, 3.8) is 0 Å². The second-order valence-corrected chi connectivity index (χ2v) is 5.62. The van der Waals surface area contributed by atoms with Crippen molar-refractivity contribution in [3.05, 3.63) is 29.7 Å². The van der Waals surface area contributed by atoms with Crippen LogP contribution in [0.5, 0.6) is 0 Å². The molecule has 1 fully saturated rings. The minimum Gasteiger partial charge on any atom is -0.268 e. The molecule has 3 heteroatoms. The Hall–Kier alpha value is -1.38. The first-order valence-electron chi connectivity index (χ1n) is 6.77. The second-order valence-electron chi connectivity index (χ2n) is 5.62. The third-order valence-corrected chi connectivity index (χ3v) is 4.34. The maximum atomic E-state index is 14.2. The largest absolute Gasteiger partial charge is 0.268 e. The van der Waals surface area contributed by atoms with E-state index >= 15 is 0 Å². The first-order chi connectivity index (χ1) is 8.66. The van der Waals surface area contributed by atoms with Crippen LogP contribution in [0.15, 0.2) is 18.3 Å². The summed E-state index contributed by atoms with van der Waals surface area (Å²) in [4.78, 5) is 0. The summed E-state index contributed by atoms with van der Waals surface area (Å²) in [6.07, 6.45) is 6.44. The van der Waals surface area contributed by atoms with E-state index in [1.54, 1.807) is 6.07 Å². The lowest BCUT2D eigenvalue weighted by Gasteiger charge is -2.27. The van der Waals surface area contributed by atoms with E-state index in [1.807, 2.05) is 24.0 Å². The average Bonchev–Trinajstić information content (AvgIpc) is 2.73. The van der Waals surface area contributed by atoms with Gasteiger partial charge in [0.15, 0.2) is 0 Å². The van der Waals surface area contributed by atoms with Crippen LogP contribution in [0.2, 0.25) is 0 Å². The van der Waals surface area contributed by atoms with Gasteiger partial charge in [-0.2, -0.15) is 5.10 Å². The standard InChI is InChI=1S/C15H19FN2/c1-10-3-5-11(6-4-10)15-12-9-17-18(2)14(12)8-7-13(15)16/h7-11H,3-6H2,1-2H3. The predicted molar refractivity (Wildman–Crippen MR) is 71.0 cm³/mol. The minimum atomic E-state index is -0.0601. The number of halogens is 1. The molecule has 1 saturated carbocycles. The average molecular weight is 246 g/mol. The van der Waals surface area contributed by atoms with Crippen molar-refractivity contribution in [1.29, 1.82) is 0 Å². The topological polar surface area (TPSA) is 17.8 Å². The molecule has 0 atom stereocenters. The number of fused-ring (bicyclic) bond motifs is 1. The van der Waals surface area contributed by atoms with E-state index < -0.39 is 0 Å². The third-order valence-electron chi connectivity index (χ3n) is 4.34. The molecule has 0 amide bonds. The zero-order valence-electron chi connectivity index (χ0n) is 11.0. The molecule has 0 spiro atoms. The van der Waals surface area contributed by atoms with Crippen molar-refractivity contribution >= 4 is 10.9 Å². The van der Waals surface area contributed by atoms with Gasteiger partial charge < -0.3 is 0 Å². The lowest BCUT2D eigenvalue weighted by Crippen LogP contribution is -2.12. The highest BCUT2D eigenvalue weighted by atomic mass is 19.1.